The molecule has 2 aromatic carbocycles. The molecule has 0 spiro atoms. The molecule has 29 heavy (non-hydrogen) atoms. The molecular formula is C20H20FN3O5. The van der Waals surface area contributed by atoms with Gasteiger partial charge in [-0.2, -0.15) is 0 Å². The molecule has 0 saturated carbocycles. The van der Waals surface area contributed by atoms with Crippen LogP contribution in [-0.2, 0) is 0 Å². The number of nitrogens with zero attached hydrogens (tertiary/aromatic N) is 2. The Morgan fingerprint density at radius 2 is 1.83 bits per heavy atom. The number of nitro benzene ring substituents is 1. The minimum atomic E-state index is -0.595. The molecule has 0 aromatic heterocycles. The Labute approximate surface area is 166 Å². The van der Waals surface area contributed by atoms with Gasteiger partial charge in [0.2, 0.25) is 0 Å². The van der Waals surface area contributed by atoms with Crippen LogP contribution in [0.1, 0.15) is 33.6 Å². The number of likely N-dealkylation sites (tertiary alicyclic amines) is 1. The van der Waals surface area contributed by atoms with Crippen LogP contribution in [0.15, 0.2) is 42.5 Å². The summed E-state index contributed by atoms with van der Waals surface area (Å²) in [4.78, 5) is 37.3. The molecular weight excluding hydrogens is 381 g/mol. The number of carbonyl (C=O) groups is 2. The standard InChI is InChI=1S/C20H20FN3O5/c1-29-16-6-7-18(24(27)28)17(12-16)20(26)23-10-8-15(9-11-23)22-19(25)13-2-4-14(21)5-3-13/h2-7,12,15H,8-11H2,1H3,(H,22,25). The lowest BCUT2D eigenvalue weighted by Gasteiger charge is -2.32. The van der Waals surface area contributed by atoms with Crippen LogP contribution in [0.3, 0.4) is 0 Å². The van der Waals surface area contributed by atoms with E-state index in [1.165, 1.54) is 54.5 Å². The SMILES string of the molecule is COc1ccc([N+](=O)[O-])c(C(=O)N2CCC(NC(=O)c3ccc(F)cc3)CC2)c1. The number of hydrogen-bond acceptors (Lipinski definition) is 5. The highest BCUT2D eigenvalue weighted by Gasteiger charge is 2.29. The van der Waals surface area contributed by atoms with Crippen molar-refractivity contribution >= 4 is 17.5 Å². The van der Waals surface area contributed by atoms with Crippen molar-refractivity contribution in [2.45, 2.75) is 18.9 Å². The summed E-state index contributed by atoms with van der Waals surface area (Å²) in [5.41, 5.74) is 0.0580. The summed E-state index contributed by atoms with van der Waals surface area (Å²) in [7, 11) is 1.42. The zero-order valence-corrected chi connectivity index (χ0v) is 15.8. The molecule has 0 radical (unpaired) electrons. The lowest BCUT2D eigenvalue weighted by Crippen LogP contribution is -2.46. The molecule has 2 amide bonds. The van der Waals surface area contributed by atoms with Crippen LogP contribution in [-0.4, -0.2) is 47.9 Å². The Hall–Kier alpha value is -3.49. The molecule has 0 aliphatic carbocycles. The maximum absolute atomic E-state index is 13.0. The summed E-state index contributed by atoms with van der Waals surface area (Å²) in [5.74, 6) is -0.808. The smallest absolute Gasteiger partial charge is 0.282 e. The molecule has 9 heteroatoms. The van der Waals surface area contributed by atoms with Crippen LogP contribution in [0.5, 0.6) is 5.75 Å². The first-order valence-corrected chi connectivity index (χ1v) is 9.07. The lowest BCUT2D eigenvalue weighted by molar-refractivity contribution is -0.385. The van der Waals surface area contributed by atoms with Crippen LogP contribution in [0.25, 0.3) is 0 Å². The van der Waals surface area contributed by atoms with E-state index in [0.29, 0.717) is 37.2 Å². The summed E-state index contributed by atoms with van der Waals surface area (Å²) in [6.45, 7) is 0.698. The zero-order chi connectivity index (χ0) is 21.0. The largest absolute Gasteiger partial charge is 0.497 e. The average molecular weight is 401 g/mol. The van der Waals surface area contributed by atoms with Gasteiger partial charge in [0, 0.05) is 30.8 Å². The van der Waals surface area contributed by atoms with Gasteiger partial charge in [-0.1, -0.05) is 0 Å². The van der Waals surface area contributed by atoms with E-state index < -0.39 is 16.6 Å². The number of nitro groups is 1. The van der Waals surface area contributed by atoms with E-state index >= 15 is 0 Å². The third-order valence-corrected chi connectivity index (χ3v) is 4.85. The summed E-state index contributed by atoms with van der Waals surface area (Å²) >= 11 is 0. The number of nitrogens with one attached hydrogen (secondary N) is 1. The highest BCUT2D eigenvalue weighted by molar-refractivity contribution is 5.98. The summed E-state index contributed by atoms with van der Waals surface area (Å²) in [6.07, 6.45) is 1.02. The third-order valence-electron chi connectivity index (χ3n) is 4.85. The van der Waals surface area contributed by atoms with Gasteiger partial charge in [-0.25, -0.2) is 4.39 Å². The van der Waals surface area contributed by atoms with E-state index in [-0.39, 0.29) is 23.2 Å². The Morgan fingerprint density at radius 1 is 1.17 bits per heavy atom. The molecule has 1 N–H and O–H groups in total. The number of benzene rings is 2. The maximum atomic E-state index is 13.0. The number of hydrogen-bond donors (Lipinski definition) is 1. The first-order chi connectivity index (χ1) is 13.9. The molecule has 1 fully saturated rings. The summed E-state index contributed by atoms with van der Waals surface area (Å²) < 4.78 is 18.0. The van der Waals surface area contributed by atoms with Crippen molar-refractivity contribution in [1.82, 2.24) is 10.2 Å². The second-order valence-corrected chi connectivity index (χ2v) is 6.69. The molecule has 0 atom stereocenters. The van der Waals surface area contributed by atoms with Crippen molar-refractivity contribution < 1.29 is 23.6 Å². The number of carbonyl (C=O) groups excluding carboxylic acids is 2. The fourth-order valence-corrected chi connectivity index (χ4v) is 3.24. The molecule has 1 aliphatic heterocycles. The molecule has 0 bridgehead atoms. The number of amides is 2. The first kappa shape index (κ1) is 20.2. The quantitative estimate of drug-likeness (QED) is 0.613. The minimum Gasteiger partial charge on any atom is -0.497 e. The van der Waals surface area contributed by atoms with Crippen molar-refractivity contribution in [3.8, 4) is 5.75 Å². The maximum Gasteiger partial charge on any atom is 0.282 e. The van der Waals surface area contributed by atoms with Gasteiger partial charge in [-0.15, -0.1) is 0 Å². The number of methoxy groups -OCH3 is 1. The Morgan fingerprint density at radius 3 is 2.41 bits per heavy atom. The molecule has 1 saturated heterocycles. The number of halogens is 1. The second-order valence-electron chi connectivity index (χ2n) is 6.69. The minimum absolute atomic E-state index is 0.0249. The zero-order valence-electron chi connectivity index (χ0n) is 15.8. The van der Waals surface area contributed by atoms with Crippen LogP contribution in [0.4, 0.5) is 10.1 Å². The Bertz CT molecular complexity index is 924. The van der Waals surface area contributed by atoms with E-state index in [1.54, 1.807) is 0 Å². The van der Waals surface area contributed by atoms with E-state index in [0.717, 1.165) is 0 Å². The first-order valence-electron chi connectivity index (χ1n) is 9.07. The van der Waals surface area contributed by atoms with Crippen molar-refractivity contribution in [3.05, 3.63) is 69.5 Å². The number of rotatable bonds is 5. The van der Waals surface area contributed by atoms with Gasteiger partial charge in [-0.3, -0.25) is 19.7 Å². The summed E-state index contributed by atoms with van der Waals surface area (Å²) in [5, 5.41) is 14.1. The average Bonchev–Trinajstić information content (AvgIpc) is 2.73. The Balaban J connectivity index is 1.63. The molecule has 3 rings (SSSR count). The van der Waals surface area contributed by atoms with Crippen molar-refractivity contribution in [1.29, 1.82) is 0 Å². The molecule has 0 unspecified atom stereocenters. The van der Waals surface area contributed by atoms with Crippen LogP contribution >= 0.6 is 0 Å². The van der Waals surface area contributed by atoms with E-state index in [1.807, 2.05) is 0 Å². The van der Waals surface area contributed by atoms with Gasteiger partial charge in [0.25, 0.3) is 17.5 Å². The third kappa shape index (κ3) is 4.68. The second kappa shape index (κ2) is 8.68. The molecule has 152 valence electrons. The van der Waals surface area contributed by atoms with E-state index in [9.17, 15) is 24.1 Å². The molecule has 2 aromatic rings. The van der Waals surface area contributed by atoms with Gasteiger partial charge in [0.1, 0.15) is 17.1 Å². The van der Waals surface area contributed by atoms with Crippen LogP contribution in [0, 0.1) is 15.9 Å². The fraction of sp³-hybridized carbons (Fsp3) is 0.300. The lowest BCUT2D eigenvalue weighted by atomic mass is 10.0. The van der Waals surface area contributed by atoms with Gasteiger partial charge < -0.3 is 15.0 Å². The molecule has 8 nitrogen and oxygen atoms in total. The molecule has 1 heterocycles. The van der Waals surface area contributed by atoms with Gasteiger partial charge in [0.15, 0.2) is 0 Å². The van der Waals surface area contributed by atoms with Crippen LogP contribution in [0.2, 0.25) is 0 Å². The van der Waals surface area contributed by atoms with Gasteiger partial charge in [-0.05, 0) is 49.2 Å². The number of ether oxygens (including phenoxy) is 1. The van der Waals surface area contributed by atoms with Crippen molar-refractivity contribution in [2.75, 3.05) is 20.2 Å². The highest BCUT2D eigenvalue weighted by atomic mass is 19.1. The molecule has 1 aliphatic rings. The van der Waals surface area contributed by atoms with Crippen molar-refractivity contribution in [2.24, 2.45) is 0 Å². The summed E-state index contributed by atoms with van der Waals surface area (Å²) in [6, 6.07) is 9.17. The monoisotopic (exact) mass is 401 g/mol. The topological polar surface area (TPSA) is 102 Å². The predicted octanol–water partition coefficient (Wildman–Crippen LogP) is 2.78. The van der Waals surface area contributed by atoms with Crippen molar-refractivity contribution in [3.63, 3.8) is 0 Å². The predicted molar refractivity (Wildman–Crippen MR) is 102 cm³/mol. The van der Waals surface area contributed by atoms with Gasteiger partial charge >= 0.3 is 0 Å². The van der Waals surface area contributed by atoms with E-state index in [2.05, 4.69) is 5.32 Å². The number of piperidine rings is 1. The normalized spacial score (nSPS) is 14.3. The van der Waals surface area contributed by atoms with E-state index in [4.69, 9.17) is 4.74 Å². The van der Waals surface area contributed by atoms with Crippen LogP contribution < -0.4 is 10.1 Å². The van der Waals surface area contributed by atoms with Gasteiger partial charge in [0.05, 0.1) is 12.0 Å². The fourth-order valence-electron chi connectivity index (χ4n) is 3.24. The Kier molecular flexibility index (Phi) is 6.06. The highest BCUT2D eigenvalue weighted by Crippen LogP contribution is 2.26.